The molecule has 3 rings (SSSR count). The quantitative estimate of drug-likeness (QED) is 0.818. The Morgan fingerprint density at radius 2 is 2.07 bits per heavy atom. The summed E-state index contributed by atoms with van der Waals surface area (Å²) >= 11 is 0. The van der Waals surface area contributed by atoms with Crippen LogP contribution >= 0.6 is 0 Å². The highest BCUT2D eigenvalue weighted by Gasteiger charge is 2.33. The molecule has 1 fully saturated rings. The lowest BCUT2D eigenvalue weighted by molar-refractivity contribution is -0.139. The van der Waals surface area contributed by atoms with Crippen molar-refractivity contribution in [1.29, 1.82) is 0 Å². The van der Waals surface area contributed by atoms with Crippen LogP contribution in [0.4, 0.5) is 5.69 Å². The van der Waals surface area contributed by atoms with Crippen molar-refractivity contribution in [2.24, 2.45) is 0 Å². The van der Waals surface area contributed by atoms with E-state index in [0.717, 1.165) is 18.4 Å². The van der Waals surface area contributed by atoms with Crippen LogP contribution in [0.5, 0.6) is 0 Å². The number of ether oxygens (including phenoxy) is 1. The first-order valence-corrected chi connectivity index (χ1v) is 8.89. The van der Waals surface area contributed by atoms with Gasteiger partial charge in [0.15, 0.2) is 5.76 Å². The Hall–Kier alpha value is -3.09. The van der Waals surface area contributed by atoms with Crippen molar-refractivity contribution in [2.45, 2.75) is 31.7 Å². The molecule has 1 atom stereocenters. The van der Waals surface area contributed by atoms with Gasteiger partial charge in [-0.05, 0) is 49.1 Å². The summed E-state index contributed by atoms with van der Waals surface area (Å²) in [7, 11) is 1.33. The van der Waals surface area contributed by atoms with Gasteiger partial charge in [-0.25, -0.2) is 0 Å². The van der Waals surface area contributed by atoms with Gasteiger partial charge in [-0.1, -0.05) is 12.1 Å². The van der Waals surface area contributed by atoms with Gasteiger partial charge in [0, 0.05) is 12.2 Å². The van der Waals surface area contributed by atoms with Crippen LogP contribution in [0.25, 0.3) is 0 Å². The van der Waals surface area contributed by atoms with E-state index in [1.807, 2.05) is 0 Å². The van der Waals surface area contributed by atoms with Gasteiger partial charge in [0.2, 0.25) is 5.91 Å². The normalized spacial score (nSPS) is 16.6. The summed E-state index contributed by atoms with van der Waals surface area (Å²) in [5.41, 5.74) is 1.32. The van der Waals surface area contributed by atoms with Crippen molar-refractivity contribution in [3.05, 3.63) is 54.0 Å². The van der Waals surface area contributed by atoms with Crippen molar-refractivity contribution in [2.75, 3.05) is 19.0 Å². The fourth-order valence-electron chi connectivity index (χ4n) is 3.21. The van der Waals surface area contributed by atoms with Crippen molar-refractivity contribution in [1.82, 2.24) is 4.90 Å². The Kier molecular flexibility index (Phi) is 5.90. The molecule has 1 aliphatic heterocycles. The van der Waals surface area contributed by atoms with E-state index in [-0.39, 0.29) is 30.0 Å². The lowest BCUT2D eigenvalue weighted by Gasteiger charge is -2.34. The number of anilines is 1. The van der Waals surface area contributed by atoms with E-state index < -0.39 is 6.04 Å². The van der Waals surface area contributed by atoms with E-state index in [1.54, 1.807) is 41.3 Å². The summed E-state index contributed by atoms with van der Waals surface area (Å²) in [5, 5.41) is 2.86. The van der Waals surface area contributed by atoms with Crippen molar-refractivity contribution in [3.63, 3.8) is 0 Å². The minimum absolute atomic E-state index is 0.132. The largest absolute Gasteiger partial charge is 0.469 e. The van der Waals surface area contributed by atoms with E-state index in [9.17, 15) is 14.4 Å². The molecule has 2 amide bonds. The van der Waals surface area contributed by atoms with Gasteiger partial charge in [0.25, 0.3) is 5.91 Å². The number of carbonyl (C=O) groups is 3. The maximum Gasteiger partial charge on any atom is 0.309 e. The van der Waals surface area contributed by atoms with Crippen LogP contribution in [0.3, 0.4) is 0 Å². The van der Waals surface area contributed by atoms with Gasteiger partial charge in [-0.15, -0.1) is 0 Å². The smallest absolute Gasteiger partial charge is 0.309 e. The number of esters is 1. The molecule has 0 saturated carbocycles. The summed E-state index contributed by atoms with van der Waals surface area (Å²) < 4.78 is 9.86. The van der Waals surface area contributed by atoms with Crippen LogP contribution in [-0.2, 0) is 20.7 Å². The maximum absolute atomic E-state index is 12.8. The highest BCUT2D eigenvalue weighted by molar-refractivity contribution is 6.00. The van der Waals surface area contributed by atoms with E-state index in [1.165, 1.54) is 13.4 Å². The van der Waals surface area contributed by atoms with Gasteiger partial charge >= 0.3 is 5.97 Å². The number of furan rings is 1. The Morgan fingerprint density at radius 3 is 2.81 bits per heavy atom. The van der Waals surface area contributed by atoms with Gasteiger partial charge in [-0.3, -0.25) is 14.4 Å². The maximum atomic E-state index is 12.8. The van der Waals surface area contributed by atoms with Crippen LogP contribution in [0, 0.1) is 0 Å². The Labute approximate surface area is 157 Å². The molecular weight excluding hydrogens is 348 g/mol. The molecule has 1 aromatic heterocycles. The van der Waals surface area contributed by atoms with Crippen LogP contribution in [0.15, 0.2) is 47.1 Å². The van der Waals surface area contributed by atoms with E-state index in [4.69, 9.17) is 4.42 Å². The van der Waals surface area contributed by atoms with Crippen molar-refractivity contribution < 1.29 is 23.5 Å². The number of hydrogen-bond acceptors (Lipinski definition) is 5. The van der Waals surface area contributed by atoms with E-state index >= 15 is 0 Å². The fraction of sp³-hybridized carbons (Fsp3) is 0.350. The topological polar surface area (TPSA) is 88.9 Å². The molecule has 0 spiro atoms. The first-order chi connectivity index (χ1) is 13.1. The standard InChI is InChI=1S/C20H22N2O5/c1-26-18(23)13-14-6-4-7-15(12-14)21-19(24)16-8-2-3-10-22(16)20(25)17-9-5-11-27-17/h4-7,9,11-12,16H,2-3,8,10,13H2,1H3,(H,21,24). The minimum Gasteiger partial charge on any atom is -0.469 e. The first-order valence-electron chi connectivity index (χ1n) is 8.89. The first kappa shape index (κ1) is 18.7. The van der Waals surface area contributed by atoms with Gasteiger partial charge < -0.3 is 19.4 Å². The molecule has 0 aliphatic carbocycles. The second kappa shape index (κ2) is 8.53. The molecule has 2 aromatic rings. The number of amides is 2. The molecule has 1 saturated heterocycles. The predicted molar refractivity (Wildman–Crippen MR) is 98.2 cm³/mol. The van der Waals surface area contributed by atoms with Crippen LogP contribution in [0.1, 0.15) is 35.4 Å². The Balaban J connectivity index is 1.71. The molecule has 1 unspecified atom stereocenters. The zero-order valence-electron chi connectivity index (χ0n) is 15.1. The highest BCUT2D eigenvalue weighted by Crippen LogP contribution is 2.22. The summed E-state index contributed by atoms with van der Waals surface area (Å²) in [4.78, 5) is 38.4. The second-order valence-electron chi connectivity index (χ2n) is 6.43. The molecule has 1 N–H and O–H groups in total. The monoisotopic (exact) mass is 370 g/mol. The average molecular weight is 370 g/mol. The summed E-state index contributed by atoms with van der Waals surface area (Å²) in [6.07, 6.45) is 3.90. The van der Waals surface area contributed by atoms with Crippen molar-refractivity contribution in [3.8, 4) is 0 Å². The molecule has 0 radical (unpaired) electrons. The lowest BCUT2D eigenvalue weighted by Crippen LogP contribution is -2.49. The molecule has 27 heavy (non-hydrogen) atoms. The van der Waals surface area contributed by atoms with Crippen molar-refractivity contribution >= 4 is 23.5 Å². The summed E-state index contributed by atoms with van der Waals surface area (Å²) in [6.45, 7) is 0.514. The molecule has 7 heteroatoms. The van der Waals surface area contributed by atoms with Gasteiger partial charge in [-0.2, -0.15) is 0 Å². The summed E-state index contributed by atoms with van der Waals surface area (Å²) in [6, 6.07) is 9.73. The number of piperidine rings is 1. The Bertz CT molecular complexity index is 816. The number of nitrogens with one attached hydrogen (secondary N) is 1. The number of carbonyl (C=O) groups excluding carboxylic acids is 3. The number of rotatable bonds is 5. The van der Waals surface area contributed by atoms with Crippen LogP contribution < -0.4 is 5.32 Å². The van der Waals surface area contributed by atoms with E-state index in [2.05, 4.69) is 10.1 Å². The Morgan fingerprint density at radius 1 is 1.22 bits per heavy atom. The van der Waals surface area contributed by atoms with Crippen LogP contribution in [-0.4, -0.2) is 42.4 Å². The number of likely N-dealkylation sites (tertiary alicyclic amines) is 1. The molecule has 2 heterocycles. The highest BCUT2D eigenvalue weighted by atomic mass is 16.5. The number of methoxy groups -OCH3 is 1. The van der Waals surface area contributed by atoms with E-state index in [0.29, 0.717) is 18.7 Å². The third kappa shape index (κ3) is 4.55. The lowest BCUT2D eigenvalue weighted by atomic mass is 10.0. The number of nitrogens with zero attached hydrogens (tertiary/aromatic N) is 1. The minimum atomic E-state index is -0.555. The van der Waals surface area contributed by atoms with Crippen LogP contribution in [0.2, 0.25) is 0 Å². The number of hydrogen-bond donors (Lipinski definition) is 1. The molecule has 7 nitrogen and oxygen atoms in total. The second-order valence-corrected chi connectivity index (χ2v) is 6.43. The predicted octanol–water partition coefficient (Wildman–Crippen LogP) is 2.63. The zero-order chi connectivity index (χ0) is 19.2. The molecule has 1 aromatic carbocycles. The van der Waals surface area contributed by atoms with Gasteiger partial charge in [0.1, 0.15) is 6.04 Å². The SMILES string of the molecule is COC(=O)Cc1cccc(NC(=O)C2CCCCN2C(=O)c2ccco2)c1. The van der Waals surface area contributed by atoms with Gasteiger partial charge in [0.05, 0.1) is 19.8 Å². The fourth-order valence-corrected chi connectivity index (χ4v) is 3.21. The average Bonchev–Trinajstić information content (AvgIpc) is 3.22. The third-order valence-electron chi connectivity index (χ3n) is 4.57. The molecule has 1 aliphatic rings. The summed E-state index contributed by atoms with van der Waals surface area (Å²) in [5.74, 6) is -0.639. The number of benzene rings is 1. The zero-order valence-corrected chi connectivity index (χ0v) is 15.1. The molecular formula is C20H22N2O5. The third-order valence-corrected chi connectivity index (χ3v) is 4.57. The molecule has 0 bridgehead atoms. The molecule has 142 valence electrons.